The summed E-state index contributed by atoms with van der Waals surface area (Å²) in [5, 5.41) is 8.13. The van der Waals surface area contributed by atoms with Gasteiger partial charge in [0.2, 0.25) is 5.39 Å². The highest BCUT2D eigenvalue weighted by atomic mass is 32.5. The molecule has 0 atom stereocenters. The fourth-order valence-electron chi connectivity index (χ4n) is 0.770. The van der Waals surface area contributed by atoms with Gasteiger partial charge in [0.05, 0.1) is 0 Å². The largest absolute Gasteiger partial charge is 1.00 e. The molecule has 0 bridgehead atoms. The van der Waals surface area contributed by atoms with E-state index in [0.29, 0.717) is 12.1 Å². The first kappa shape index (κ1) is 19.8. The van der Waals surface area contributed by atoms with Crippen molar-refractivity contribution in [3.05, 3.63) is 29.2 Å². The molecule has 0 saturated carbocycles. The van der Waals surface area contributed by atoms with E-state index in [4.69, 9.17) is 5.39 Å². The summed E-state index contributed by atoms with van der Waals surface area (Å²) in [4.78, 5) is 0.538. The minimum absolute atomic E-state index is 0. The van der Waals surface area contributed by atoms with Crippen molar-refractivity contribution in [3.63, 3.8) is 0 Å². The van der Waals surface area contributed by atoms with Crippen molar-refractivity contribution in [1.29, 1.82) is 5.39 Å². The van der Waals surface area contributed by atoms with Crippen molar-refractivity contribution in [3.8, 4) is 0 Å². The van der Waals surface area contributed by atoms with Crippen molar-refractivity contribution in [2.75, 3.05) is 0 Å². The molecule has 0 aliphatic rings. The Morgan fingerprint density at radius 2 is 1.21 bits per heavy atom. The van der Waals surface area contributed by atoms with Crippen LogP contribution in [0.1, 0.15) is 0 Å². The van der Waals surface area contributed by atoms with Gasteiger partial charge in [-0.05, 0) is 12.1 Å². The lowest BCUT2D eigenvalue weighted by Crippen LogP contribution is -3.00. The monoisotopic (exact) mass is 318 g/mol. The number of diazo groups is 1. The lowest BCUT2D eigenvalue weighted by atomic mass is 10.3. The molecule has 13 heteroatoms. The SMILES string of the molecule is FB(F)F.N#[N+]c1ccc(S(F)(F)(F)(F)F)cc1.[F-]. The summed E-state index contributed by atoms with van der Waals surface area (Å²) < 4.78 is 89.5. The van der Waals surface area contributed by atoms with E-state index >= 15 is 0 Å². The Morgan fingerprint density at radius 3 is 1.42 bits per heavy atom. The highest BCUT2D eigenvalue weighted by Crippen LogP contribution is 3.02. The number of benzene rings is 1. The minimum Gasteiger partial charge on any atom is -1.00 e. The molecule has 110 valence electrons. The van der Waals surface area contributed by atoms with Crippen LogP contribution in [0, 0.1) is 5.39 Å². The summed E-state index contributed by atoms with van der Waals surface area (Å²) in [6.07, 6.45) is 0. The van der Waals surface area contributed by atoms with E-state index in [1.807, 2.05) is 0 Å². The summed E-state index contributed by atoms with van der Waals surface area (Å²) in [5.74, 6) is 0. The van der Waals surface area contributed by atoms with Gasteiger partial charge in [0, 0.05) is 12.1 Å². The molecule has 2 nitrogen and oxygen atoms in total. The molecule has 0 aliphatic carbocycles. The lowest BCUT2D eigenvalue weighted by molar-refractivity contribution is -0.0000152. The van der Waals surface area contributed by atoms with Crippen LogP contribution in [0.5, 0.6) is 0 Å². The van der Waals surface area contributed by atoms with Crippen molar-refractivity contribution < 1.29 is 37.1 Å². The molecule has 1 aromatic carbocycles. The van der Waals surface area contributed by atoms with E-state index in [1.165, 1.54) is 0 Å². The zero-order valence-electron chi connectivity index (χ0n) is 8.59. The molecule has 0 spiro atoms. The highest BCUT2D eigenvalue weighted by molar-refractivity contribution is 8.45. The first-order valence-corrected chi connectivity index (χ1v) is 5.83. The van der Waals surface area contributed by atoms with E-state index in [0.717, 1.165) is 0 Å². The summed E-state index contributed by atoms with van der Waals surface area (Å²) >= 11 is 0. The van der Waals surface area contributed by atoms with Gasteiger partial charge >= 0.3 is 23.5 Å². The molecule has 0 radical (unpaired) electrons. The van der Waals surface area contributed by atoms with Gasteiger partial charge in [-0.1, -0.05) is 19.4 Å². The normalized spacial score (nSPS) is 13.6. The van der Waals surface area contributed by atoms with Crippen LogP contribution in [0.3, 0.4) is 0 Å². The van der Waals surface area contributed by atoms with Crippen molar-refractivity contribution in [2.45, 2.75) is 4.90 Å². The standard InChI is InChI=1S/C6H4F5N2S.BF3.FH/c7-14(8,9,10,11)6-3-1-5(13-12)2-4-6;2-1(3)4;/h1-4H;;1H/q+1;;/p-1. The lowest BCUT2D eigenvalue weighted by Gasteiger charge is -2.40. The molecule has 0 unspecified atom stereocenters. The fraction of sp³-hybridized carbons (Fsp3) is 0. The molecule has 0 N–H and O–H groups in total. The van der Waals surface area contributed by atoms with Crippen LogP contribution in [0.15, 0.2) is 29.2 Å². The molecule has 0 heterocycles. The second-order valence-corrected chi connectivity index (χ2v) is 5.22. The van der Waals surface area contributed by atoms with Gasteiger partial charge in [-0.15, -0.1) is 0 Å². The van der Waals surface area contributed by atoms with E-state index < -0.39 is 22.7 Å². The number of halogens is 9. The third kappa shape index (κ3) is 8.19. The second kappa shape index (κ2) is 5.20. The Hall–Kier alpha value is -1.58. The molecule has 19 heavy (non-hydrogen) atoms. The number of nitrogens with zero attached hydrogens (tertiary/aromatic N) is 2. The molecule has 0 aromatic heterocycles. The van der Waals surface area contributed by atoms with Crippen LogP contribution >= 0.6 is 10.2 Å². The third-order valence-electron chi connectivity index (χ3n) is 1.40. The Balaban J connectivity index is 0. The van der Waals surface area contributed by atoms with Gasteiger partial charge in [0.15, 0.2) is 4.98 Å². The van der Waals surface area contributed by atoms with Gasteiger partial charge in [-0.25, -0.2) is 0 Å². The predicted molar refractivity (Wildman–Crippen MR) is 51.7 cm³/mol. The number of hydrogen-bond acceptors (Lipinski definition) is 1. The number of rotatable bonds is 1. The summed E-state index contributed by atoms with van der Waals surface area (Å²) in [5.41, 5.74) is -0.226. The average molecular weight is 318 g/mol. The molecule has 1 rings (SSSR count). The van der Waals surface area contributed by atoms with E-state index in [2.05, 4.69) is 4.98 Å². The van der Waals surface area contributed by atoms with Gasteiger partial charge in [-0.2, -0.15) is 0 Å². The van der Waals surface area contributed by atoms with Crippen molar-refractivity contribution in [1.82, 2.24) is 0 Å². The molecule has 0 amide bonds. The smallest absolute Gasteiger partial charge is 0.762 e. The molecular weight excluding hydrogens is 314 g/mol. The molecule has 0 fully saturated rings. The van der Waals surface area contributed by atoms with Crippen LogP contribution in [-0.2, 0) is 0 Å². The van der Waals surface area contributed by atoms with Crippen LogP contribution in [0.4, 0.5) is 38.1 Å². The minimum atomic E-state index is -9.59. The van der Waals surface area contributed by atoms with Gasteiger partial charge < -0.3 is 4.70 Å². The molecule has 1 aromatic rings. The fourth-order valence-corrected chi connectivity index (χ4v) is 1.42. The topological polar surface area (TPSA) is 28.1 Å². The predicted octanol–water partition coefficient (Wildman–Crippen LogP) is 2.71. The van der Waals surface area contributed by atoms with Crippen molar-refractivity contribution >= 4 is 23.5 Å². The highest BCUT2D eigenvalue weighted by Gasteiger charge is 2.65. The maximum atomic E-state index is 12.1. The van der Waals surface area contributed by atoms with Gasteiger partial charge in [0.1, 0.15) is 4.90 Å². The number of hydrogen-bond donors (Lipinski definition) is 0. The van der Waals surface area contributed by atoms with Crippen LogP contribution in [0.25, 0.3) is 4.98 Å². The molecular formula is C6H4BF9N2S. The van der Waals surface area contributed by atoms with Crippen LogP contribution in [-0.4, -0.2) is 7.54 Å². The zero-order chi connectivity index (χ0) is 14.7. The average Bonchev–Trinajstić information content (AvgIpc) is 2.13. The van der Waals surface area contributed by atoms with Crippen LogP contribution < -0.4 is 4.70 Å². The Morgan fingerprint density at radius 1 is 0.895 bits per heavy atom. The Labute approximate surface area is 101 Å². The van der Waals surface area contributed by atoms with E-state index in [-0.39, 0.29) is 22.5 Å². The van der Waals surface area contributed by atoms with E-state index in [9.17, 15) is 32.4 Å². The van der Waals surface area contributed by atoms with Crippen molar-refractivity contribution in [2.24, 2.45) is 0 Å². The quantitative estimate of drug-likeness (QED) is 0.445. The summed E-state index contributed by atoms with van der Waals surface area (Å²) in [7, 11) is -13.3. The summed E-state index contributed by atoms with van der Waals surface area (Å²) in [6.45, 7) is 0. The molecule has 0 saturated heterocycles. The third-order valence-corrected chi connectivity index (χ3v) is 2.56. The first-order chi connectivity index (χ1) is 7.76. The Bertz CT molecular complexity index is 447. The maximum Gasteiger partial charge on any atom is 0.762 e. The van der Waals surface area contributed by atoms with Gasteiger partial charge in [-0.3, -0.25) is 12.9 Å². The van der Waals surface area contributed by atoms with Crippen LogP contribution in [0.2, 0.25) is 0 Å². The molecule has 0 aliphatic heterocycles. The Kier molecular flexibility index (Phi) is 5.40. The van der Waals surface area contributed by atoms with Gasteiger partial charge in [0.25, 0.3) is 0 Å². The first-order valence-electron chi connectivity index (χ1n) is 3.88. The van der Waals surface area contributed by atoms with E-state index in [1.54, 1.807) is 0 Å². The maximum absolute atomic E-state index is 12.1. The summed E-state index contributed by atoms with van der Waals surface area (Å²) in [6, 6.07) is 1.65. The second-order valence-electron chi connectivity index (χ2n) is 2.81. The zero-order valence-corrected chi connectivity index (χ0v) is 9.41.